The van der Waals surface area contributed by atoms with Gasteiger partial charge in [-0.2, -0.15) is 0 Å². The van der Waals surface area contributed by atoms with Gasteiger partial charge in [0.15, 0.2) is 0 Å². The van der Waals surface area contributed by atoms with Crippen molar-refractivity contribution in [3.63, 3.8) is 0 Å². The zero-order valence-corrected chi connectivity index (χ0v) is 7.96. The molecule has 0 N–H and O–H groups in total. The number of alkyl halides is 1. The number of pyridine rings is 1. The molecule has 0 fully saturated rings. The topological polar surface area (TPSA) is 12.9 Å². The Morgan fingerprint density at radius 1 is 1.14 bits per heavy atom. The Morgan fingerprint density at radius 3 is 2.57 bits per heavy atom. The molecule has 0 saturated carbocycles. The minimum absolute atomic E-state index is 0. The third-order valence-corrected chi connectivity index (χ3v) is 2.23. The van der Waals surface area contributed by atoms with E-state index in [2.05, 4.69) is 23.2 Å². The van der Waals surface area contributed by atoms with Crippen LogP contribution in [0.1, 0.15) is 5.69 Å². The van der Waals surface area contributed by atoms with Crippen molar-refractivity contribution in [1.82, 2.24) is 4.98 Å². The number of rotatable bonds is 2. The molecule has 2 aromatic rings. The zero-order valence-electron chi connectivity index (χ0n) is 7.20. The molecule has 3 heteroatoms. The standard InChI is InChI=1S/C11H10ClN.Na.H/c12-6-5-11-7-9-3-1-2-4-10(9)8-13-11;;/h1-4,7-8H,5-6H2;;. The van der Waals surface area contributed by atoms with E-state index in [1.165, 1.54) is 10.8 Å². The summed E-state index contributed by atoms with van der Waals surface area (Å²) in [6.07, 6.45) is 2.74. The fraction of sp³-hybridized carbons (Fsp3) is 0.182. The van der Waals surface area contributed by atoms with Crippen molar-refractivity contribution in [2.75, 3.05) is 5.88 Å². The summed E-state index contributed by atoms with van der Waals surface area (Å²) in [5, 5.41) is 2.42. The molecule has 0 bridgehead atoms. The number of hydrogen-bond donors (Lipinski definition) is 0. The van der Waals surface area contributed by atoms with Crippen LogP contribution in [-0.2, 0) is 6.42 Å². The van der Waals surface area contributed by atoms with Crippen LogP contribution < -0.4 is 0 Å². The molecule has 0 aliphatic carbocycles. The van der Waals surface area contributed by atoms with Crippen molar-refractivity contribution in [2.45, 2.75) is 6.42 Å². The van der Waals surface area contributed by atoms with Gasteiger partial charge in [-0.1, -0.05) is 24.3 Å². The summed E-state index contributed by atoms with van der Waals surface area (Å²) in [7, 11) is 0. The number of nitrogens with zero attached hydrogens (tertiary/aromatic N) is 1. The summed E-state index contributed by atoms with van der Waals surface area (Å²) < 4.78 is 0. The van der Waals surface area contributed by atoms with E-state index in [0.29, 0.717) is 5.88 Å². The number of hydrogen-bond acceptors (Lipinski definition) is 1. The summed E-state index contributed by atoms with van der Waals surface area (Å²) >= 11 is 5.65. The first-order valence-corrected chi connectivity index (χ1v) is 4.83. The van der Waals surface area contributed by atoms with Gasteiger partial charge in [0.05, 0.1) is 0 Å². The SMILES string of the molecule is ClCCc1cc2ccccc2cn1.[NaH]. The monoisotopic (exact) mass is 215 g/mol. The fourth-order valence-electron chi connectivity index (χ4n) is 1.36. The maximum absolute atomic E-state index is 5.65. The molecule has 1 aromatic carbocycles. The van der Waals surface area contributed by atoms with Crippen molar-refractivity contribution >= 4 is 51.9 Å². The van der Waals surface area contributed by atoms with Crippen LogP contribution in [0.5, 0.6) is 0 Å². The predicted octanol–water partition coefficient (Wildman–Crippen LogP) is 2.37. The van der Waals surface area contributed by atoms with Gasteiger partial charge in [-0.25, -0.2) is 0 Å². The number of halogens is 1. The normalized spacial score (nSPS) is 9.79. The molecule has 0 radical (unpaired) electrons. The van der Waals surface area contributed by atoms with Gasteiger partial charge in [0.25, 0.3) is 0 Å². The first kappa shape index (κ1) is 12.0. The number of aryl methyl sites for hydroxylation is 1. The van der Waals surface area contributed by atoms with Gasteiger partial charge in [0.2, 0.25) is 0 Å². The van der Waals surface area contributed by atoms with Crippen molar-refractivity contribution in [2.24, 2.45) is 0 Å². The molecule has 2 rings (SSSR count). The number of aromatic nitrogens is 1. The Kier molecular flexibility index (Phi) is 4.90. The van der Waals surface area contributed by atoms with Crippen molar-refractivity contribution < 1.29 is 0 Å². The molecule has 0 amide bonds. The van der Waals surface area contributed by atoms with E-state index in [1.807, 2.05) is 18.3 Å². The fourth-order valence-corrected chi connectivity index (χ4v) is 1.56. The van der Waals surface area contributed by atoms with Crippen LogP contribution in [0.15, 0.2) is 36.5 Å². The van der Waals surface area contributed by atoms with Gasteiger partial charge in [-0.05, 0) is 11.5 Å². The van der Waals surface area contributed by atoms with E-state index in [0.717, 1.165) is 12.1 Å². The minimum atomic E-state index is 0. The van der Waals surface area contributed by atoms with Crippen LogP contribution in [0, 0.1) is 0 Å². The molecule has 0 aliphatic heterocycles. The first-order valence-electron chi connectivity index (χ1n) is 4.30. The second-order valence-electron chi connectivity index (χ2n) is 2.96. The van der Waals surface area contributed by atoms with E-state index >= 15 is 0 Å². The number of fused-ring (bicyclic) bond motifs is 1. The summed E-state index contributed by atoms with van der Waals surface area (Å²) in [4.78, 5) is 4.31. The Balaban J connectivity index is 0.000000980. The number of benzene rings is 1. The van der Waals surface area contributed by atoms with Crippen LogP contribution in [0.4, 0.5) is 0 Å². The molecule has 0 saturated heterocycles. The van der Waals surface area contributed by atoms with Crippen LogP contribution in [-0.4, -0.2) is 40.4 Å². The van der Waals surface area contributed by atoms with Gasteiger partial charge >= 0.3 is 29.6 Å². The van der Waals surface area contributed by atoms with Gasteiger partial charge in [-0.3, -0.25) is 4.98 Å². The van der Waals surface area contributed by atoms with E-state index in [4.69, 9.17) is 11.6 Å². The van der Waals surface area contributed by atoms with E-state index in [1.54, 1.807) is 0 Å². The van der Waals surface area contributed by atoms with Gasteiger partial charge in [0, 0.05) is 29.6 Å². The average molecular weight is 216 g/mol. The molecule has 1 heterocycles. The van der Waals surface area contributed by atoms with Gasteiger partial charge < -0.3 is 0 Å². The van der Waals surface area contributed by atoms with Crippen LogP contribution in [0.2, 0.25) is 0 Å². The summed E-state index contributed by atoms with van der Waals surface area (Å²) in [5.41, 5.74) is 1.06. The zero-order chi connectivity index (χ0) is 9.10. The van der Waals surface area contributed by atoms with Crippen molar-refractivity contribution in [3.8, 4) is 0 Å². The third-order valence-electron chi connectivity index (χ3n) is 2.04. The molecule has 68 valence electrons. The summed E-state index contributed by atoms with van der Waals surface area (Å²) in [6, 6.07) is 10.3. The van der Waals surface area contributed by atoms with E-state index in [9.17, 15) is 0 Å². The van der Waals surface area contributed by atoms with E-state index < -0.39 is 0 Å². The Labute approximate surface area is 111 Å². The van der Waals surface area contributed by atoms with Gasteiger partial charge in [0.1, 0.15) is 0 Å². The third kappa shape index (κ3) is 2.71. The molecular formula is C11H11ClNNa. The molecule has 1 aromatic heterocycles. The molecule has 14 heavy (non-hydrogen) atoms. The Bertz CT molecular complexity index is 417. The van der Waals surface area contributed by atoms with Crippen molar-refractivity contribution in [1.29, 1.82) is 0 Å². The second-order valence-corrected chi connectivity index (χ2v) is 3.34. The van der Waals surface area contributed by atoms with Crippen LogP contribution in [0.3, 0.4) is 0 Å². The Hall–Kier alpha value is -0.0800. The molecule has 0 unspecified atom stereocenters. The molecular weight excluding hydrogens is 205 g/mol. The maximum atomic E-state index is 5.65. The summed E-state index contributed by atoms with van der Waals surface area (Å²) in [5.74, 6) is 0.630. The first-order chi connectivity index (χ1) is 6.40. The quantitative estimate of drug-likeness (QED) is 0.554. The van der Waals surface area contributed by atoms with Gasteiger partial charge in [-0.15, -0.1) is 11.6 Å². The van der Waals surface area contributed by atoms with Crippen molar-refractivity contribution in [3.05, 3.63) is 42.2 Å². The predicted molar refractivity (Wildman–Crippen MR) is 63.3 cm³/mol. The Morgan fingerprint density at radius 2 is 1.86 bits per heavy atom. The molecule has 1 nitrogen and oxygen atoms in total. The summed E-state index contributed by atoms with van der Waals surface area (Å²) in [6.45, 7) is 0. The van der Waals surface area contributed by atoms with Crippen LogP contribution >= 0.6 is 11.6 Å². The molecule has 0 atom stereocenters. The van der Waals surface area contributed by atoms with E-state index in [-0.39, 0.29) is 29.6 Å². The molecule has 0 spiro atoms. The molecule has 0 aliphatic rings. The second kappa shape index (κ2) is 5.72. The average Bonchev–Trinajstić information content (AvgIpc) is 2.18. The van der Waals surface area contributed by atoms with Crippen LogP contribution in [0.25, 0.3) is 10.8 Å².